The summed E-state index contributed by atoms with van der Waals surface area (Å²) in [4.78, 5) is 24.9. The number of nitrogens with one attached hydrogen (secondary N) is 2. The summed E-state index contributed by atoms with van der Waals surface area (Å²) in [5.74, 6) is 1.03. The predicted octanol–water partition coefficient (Wildman–Crippen LogP) is 9.72. The largest absolute Gasteiger partial charge is 0.359 e. The molecule has 12 heteroatoms. The molecule has 0 spiro atoms. The number of thiazole rings is 4. The van der Waals surface area contributed by atoms with Gasteiger partial charge in [0, 0.05) is 53.2 Å². The van der Waals surface area contributed by atoms with Gasteiger partial charge in [0.1, 0.15) is 0 Å². The minimum atomic E-state index is 0.148. The molecule has 2 N–H and O–H groups in total. The average molecular weight is 737 g/mol. The lowest BCUT2D eigenvalue weighted by atomic mass is 9.98. The van der Waals surface area contributed by atoms with Crippen LogP contribution in [-0.4, -0.2) is 57.7 Å². The molecule has 0 saturated heterocycles. The maximum Gasteiger partial charge on any atom is 0.185 e. The molecule has 0 radical (unpaired) electrons. The highest BCUT2D eigenvalue weighted by molar-refractivity contribution is 7.14. The summed E-state index contributed by atoms with van der Waals surface area (Å²) in [6.45, 7) is 20.0. The molecule has 264 valence electrons. The monoisotopic (exact) mass is 736 g/mol. The van der Waals surface area contributed by atoms with E-state index in [-0.39, 0.29) is 18.1 Å². The van der Waals surface area contributed by atoms with E-state index in [0.29, 0.717) is 11.8 Å². The zero-order valence-electron chi connectivity index (χ0n) is 30.1. The molecule has 0 aliphatic rings. The number of rotatable bonds is 19. The molecular weight excluding hydrogens is 685 g/mol. The average Bonchev–Trinajstić information content (AvgIpc) is 3.86. The van der Waals surface area contributed by atoms with Gasteiger partial charge in [-0.1, -0.05) is 58.0 Å². The van der Waals surface area contributed by atoms with Gasteiger partial charge in [0.15, 0.2) is 20.5 Å². The van der Waals surface area contributed by atoms with Crippen molar-refractivity contribution in [2.45, 2.75) is 92.8 Å². The number of aryl methyl sites for hydroxylation is 4. The number of nitrogens with zero attached hydrogens (tertiary/aromatic N) is 6. The van der Waals surface area contributed by atoms with E-state index in [1.165, 1.54) is 5.56 Å². The number of aromatic nitrogens is 4. The molecular formula is C37H52N8S4. The van der Waals surface area contributed by atoms with Crippen LogP contribution >= 0.6 is 45.3 Å². The van der Waals surface area contributed by atoms with Gasteiger partial charge >= 0.3 is 0 Å². The first-order valence-corrected chi connectivity index (χ1v) is 20.8. The van der Waals surface area contributed by atoms with Crippen molar-refractivity contribution in [3.63, 3.8) is 0 Å². The first-order valence-electron chi connectivity index (χ1n) is 17.3. The van der Waals surface area contributed by atoms with Crippen LogP contribution in [0.15, 0.2) is 51.9 Å². The summed E-state index contributed by atoms with van der Waals surface area (Å²) >= 11 is 6.86. The molecule has 5 aromatic rings. The smallest absolute Gasteiger partial charge is 0.185 e. The third-order valence-electron chi connectivity index (χ3n) is 8.28. The van der Waals surface area contributed by atoms with Gasteiger partial charge in [-0.3, -0.25) is 0 Å². The van der Waals surface area contributed by atoms with E-state index in [0.717, 1.165) is 82.2 Å². The Morgan fingerprint density at radius 2 is 1.14 bits per heavy atom. The summed E-state index contributed by atoms with van der Waals surface area (Å²) in [6.07, 6.45) is 2.96. The molecule has 8 nitrogen and oxygen atoms in total. The molecule has 5 rings (SSSR count). The van der Waals surface area contributed by atoms with Crippen LogP contribution < -0.4 is 20.4 Å². The lowest BCUT2D eigenvalue weighted by Gasteiger charge is -2.41. The lowest BCUT2D eigenvalue weighted by molar-refractivity contribution is 0.423. The highest BCUT2D eigenvalue weighted by atomic mass is 32.1. The Morgan fingerprint density at radius 1 is 0.612 bits per heavy atom. The van der Waals surface area contributed by atoms with E-state index in [1.54, 1.807) is 45.3 Å². The summed E-state index contributed by atoms with van der Waals surface area (Å²) in [5, 5.41) is 20.2. The van der Waals surface area contributed by atoms with E-state index >= 15 is 0 Å². The van der Waals surface area contributed by atoms with Crippen LogP contribution in [0.2, 0.25) is 0 Å². The quantitative estimate of drug-likeness (QED) is 0.0868. The maximum absolute atomic E-state index is 5.11. The molecule has 1 aromatic carbocycles. The van der Waals surface area contributed by atoms with Gasteiger partial charge in [-0.05, 0) is 64.4 Å². The van der Waals surface area contributed by atoms with Gasteiger partial charge in [-0.25, -0.2) is 19.9 Å². The summed E-state index contributed by atoms with van der Waals surface area (Å²) in [7, 11) is 0. The zero-order valence-corrected chi connectivity index (χ0v) is 33.4. The van der Waals surface area contributed by atoms with Crippen molar-refractivity contribution in [2.75, 3.05) is 40.1 Å². The van der Waals surface area contributed by atoms with Gasteiger partial charge in [-0.15, -0.1) is 45.3 Å². The van der Waals surface area contributed by atoms with Crippen molar-refractivity contribution >= 4 is 65.9 Å². The van der Waals surface area contributed by atoms with E-state index in [4.69, 9.17) is 19.9 Å². The Hall–Kier alpha value is -3.06. The molecule has 0 unspecified atom stereocenters. The second-order valence-electron chi connectivity index (χ2n) is 13.9. The molecule has 0 aliphatic carbocycles. The first-order chi connectivity index (χ1) is 23.5. The van der Waals surface area contributed by atoms with Crippen molar-refractivity contribution in [2.24, 2.45) is 11.8 Å². The lowest BCUT2D eigenvalue weighted by Crippen LogP contribution is -2.53. The van der Waals surface area contributed by atoms with Crippen molar-refractivity contribution < 1.29 is 0 Å². The SMILES string of the molecule is Cc1csc(NC[C@H](Cc2ccccc2)N(C[C@H](CC(C)C)N(C[C@H](CC(C)C)Nc2nc(C)cs2)c2nc(C)cs2)c2nc(C)cs2)n1. The Kier molecular flexibility index (Phi) is 13.5. The van der Waals surface area contributed by atoms with Gasteiger partial charge in [-0.2, -0.15) is 0 Å². The first kappa shape index (κ1) is 37.2. The topological polar surface area (TPSA) is 82.1 Å². The summed E-state index contributed by atoms with van der Waals surface area (Å²) in [5.41, 5.74) is 5.54. The third-order valence-corrected chi connectivity index (χ3v) is 12.1. The van der Waals surface area contributed by atoms with Crippen molar-refractivity contribution in [3.8, 4) is 0 Å². The van der Waals surface area contributed by atoms with Crippen LogP contribution in [0.25, 0.3) is 0 Å². The van der Waals surface area contributed by atoms with Crippen LogP contribution in [0.4, 0.5) is 20.5 Å². The van der Waals surface area contributed by atoms with E-state index in [1.807, 2.05) is 0 Å². The number of benzene rings is 1. The number of hydrogen-bond acceptors (Lipinski definition) is 12. The van der Waals surface area contributed by atoms with Crippen molar-refractivity contribution in [3.05, 3.63) is 80.2 Å². The Balaban J connectivity index is 1.53. The van der Waals surface area contributed by atoms with Crippen molar-refractivity contribution in [1.82, 2.24) is 19.9 Å². The predicted molar refractivity (Wildman–Crippen MR) is 215 cm³/mol. The van der Waals surface area contributed by atoms with Gasteiger partial charge in [0.2, 0.25) is 0 Å². The van der Waals surface area contributed by atoms with Crippen LogP contribution in [0.5, 0.6) is 0 Å². The molecule has 3 atom stereocenters. The fourth-order valence-corrected chi connectivity index (χ4v) is 9.42. The van der Waals surface area contributed by atoms with Crippen LogP contribution in [-0.2, 0) is 6.42 Å². The van der Waals surface area contributed by atoms with Crippen LogP contribution in [0, 0.1) is 39.5 Å². The second kappa shape index (κ2) is 17.7. The zero-order chi connectivity index (χ0) is 34.9. The Bertz CT molecular complexity index is 1690. The fraction of sp³-hybridized carbons (Fsp3) is 0.514. The number of hydrogen-bond donors (Lipinski definition) is 2. The van der Waals surface area contributed by atoms with Crippen molar-refractivity contribution in [1.29, 1.82) is 0 Å². The molecule has 0 bridgehead atoms. The van der Waals surface area contributed by atoms with Gasteiger partial charge < -0.3 is 20.4 Å². The summed E-state index contributed by atoms with van der Waals surface area (Å²) in [6, 6.07) is 11.4. The minimum absolute atomic E-state index is 0.148. The van der Waals surface area contributed by atoms with E-state index in [9.17, 15) is 0 Å². The molecule has 0 amide bonds. The third kappa shape index (κ3) is 11.2. The fourth-order valence-electron chi connectivity index (χ4n) is 6.18. The highest BCUT2D eigenvalue weighted by Crippen LogP contribution is 2.31. The van der Waals surface area contributed by atoms with E-state index < -0.39 is 0 Å². The van der Waals surface area contributed by atoms with Gasteiger partial charge in [0.05, 0.1) is 28.8 Å². The normalized spacial score (nSPS) is 13.5. The molecule has 4 aromatic heterocycles. The minimum Gasteiger partial charge on any atom is -0.359 e. The number of anilines is 4. The molecule has 0 aliphatic heterocycles. The summed E-state index contributed by atoms with van der Waals surface area (Å²) < 4.78 is 0. The van der Waals surface area contributed by atoms with Crippen LogP contribution in [0.3, 0.4) is 0 Å². The van der Waals surface area contributed by atoms with Gasteiger partial charge in [0.25, 0.3) is 0 Å². The molecule has 0 saturated carbocycles. The molecule has 49 heavy (non-hydrogen) atoms. The van der Waals surface area contributed by atoms with E-state index in [2.05, 4.69) is 128 Å². The Morgan fingerprint density at radius 3 is 1.65 bits per heavy atom. The molecule has 0 fully saturated rings. The maximum atomic E-state index is 5.11. The second-order valence-corrected chi connectivity index (χ2v) is 17.3. The Labute approximate surface area is 309 Å². The standard InChI is InChI=1S/C37H52N8S4/c1-24(2)14-31(43-35-40-27(6)21-47-35)18-44(36-41-28(7)22-48-36)33(15-25(3)4)19-45(37-42-29(8)23-49-37)32(16-30-12-10-9-11-13-30)17-38-34-39-26(5)20-46-34/h9-13,20-25,31-33H,14-19H2,1-8H3,(H,38,39)(H,40,43)/t31-,32-,33-/m0/s1. The molecule has 4 heterocycles. The van der Waals surface area contributed by atoms with Crippen LogP contribution in [0.1, 0.15) is 68.9 Å². The highest BCUT2D eigenvalue weighted by Gasteiger charge is 2.32.